The molecule has 6 nitrogen and oxygen atoms in total. The molecule has 4 rings (SSSR count). The molecule has 1 aliphatic heterocycles. The first kappa shape index (κ1) is 18.5. The highest BCUT2D eigenvalue weighted by Crippen LogP contribution is 2.38. The number of ketones is 1. The summed E-state index contributed by atoms with van der Waals surface area (Å²) in [6.07, 6.45) is 3.65. The Morgan fingerprint density at radius 2 is 1.96 bits per heavy atom. The number of esters is 1. The van der Waals surface area contributed by atoms with Crippen LogP contribution in [-0.4, -0.2) is 35.4 Å². The second kappa shape index (κ2) is 7.26. The molecule has 0 atom stereocenters. The summed E-state index contributed by atoms with van der Waals surface area (Å²) in [4.78, 5) is 38.6. The summed E-state index contributed by atoms with van der Waals surface area (Å²) in [5.74, 6) is -0.691. The zero-order valence-corrected chi connectivity index (χ0v) is 16.2. The lowest BCUT2D eigenvalue weighted by Crippen LogP contribution is -2.24. The number of rotatable bonds is 6. The molecular weight excluding hydrogens is 356 g/mol. The number of carbonyl (C=O) groups excluding carboxylic acids is 3. The molecule has 0 bridgehead atoms. The summed E-state index contributed by atoms with van der Waals surface area (Å²) in [5.41, 5.74) is 3.66. The van der Waals surface area contributed by atoms with E-state index in [9.17, 15) is 14.4 Å². The van der Waals surface area contributed by atoms with Crippen molar-refractivity contribution in [3.05, 3.63) is 52.8 Å². The molecule has 2 aromatic rings. The number of carbonyl (C=O) groups is 3. The van der Waals surface area contributed by atoms with Gasteiger partial charge in [-0.05, 0) is 57.4 Å². The van der Waals surface area contributed by atoms with Crippen molar-refractivity contribution in [2.24, 2.45) is 0 Å². The van der Waals surface area contributed by atoms with Crippen LogP contribution in [0.1, 0.15) is 63.8 Å². The van der Waals surface area contributed by atoms with Gasteiger partial charge in [-0.15, -0.1) is 0 Å². The molecule has 28 heavy (non-hydrogen) atoms. The molecule has 1 saturated carbocycles. The van der Waals surface area contributed by atoms with E-state index in [-0.39, 0.29) is 18.3 Å². The third-order valence-electron chi connectivity index (χ3n) is 5.50. The average Bonchev–Trinajstić information content (AvgIpc) is 3.35. The Balaban J connectivity index is 1.43. The summed E-state index contributed by atoms with van der Waals surface area (Å²) in [5, 5.41) is 0. The topological polar surface area (TPSA) is 68.6 Å². The predicted octanol–water partition coefficient (Wildman–Crippen LogP) is 3.61. The fourth-order valence-corrected chi connectivity index (χ4v) is 3.97. The summed E-state index contributed by atoms with van der Waals surface area (Å²) in [6.45, 7) is 4.31. The molecule has 1 amide bonds. The first-order valence-corrected chi connectivity index (χ1v) is 9.75. The highest BCUT2D eigenvalue weighted by molar-refractivity contribution is 6.01. The van der Waals surface area contributed by atoms with E-state index in [0.717, 1.165) is 30.7 Å². The fraction of sp³-hybridized carbons (Fsp3) is 0.409. The van der Waals surface area contributed by atoms with Crippen LogP contribution in [0, 0.1) is 13.8 Å². The highest BCUT2D eigenvalue weighted by atomic mass is 16.5. The molecule has 1 aromatic heterocycles. The van der Waals surface area contributed by atoms with E-state index in [1.165, 1.54) is 0 Å². The van der Waals surface area contributed by atoms with Gasteiger partial charge in [-0.1, -0.05) is 6.07 Å². The normalized spacial score (nSPS) is 16.5. The van der Waals surface area contributed by atoms with E-state index in [1.807, 2.05) is 19.9 Å². The van der Waals surface area contributed by atoms with Gasteiger partial charge in [0.15, 0.2) is 6.61 Å². The van der Waals surface area contributed by atoms with Crippen molar-refractivity contribution in [2.45, 2.75) is 45.6 Å². The number of nitrogens with zero attached hydrogens (tertiary/aromatic N) is 2. The van der Waals surface area contributed by atoms with Crippen LogP contribution in [0.15, 0.2) is 30.3 Å². The highest BCUT2D eigenvalue weighted by Gasteiger charge is 2.28. The molecule has 1 aliphatic carbocycles. The van der Waals surface area contributed by atoms with Crippen LogP contribution in [0.4, 0.5) is 5.69 Å². The number of aryl methyl sites for hydroxylation is 1. The van der Waals surface area contributed by atoms with Crippen molar-refractivity contribution in [1.82, 2.24) is 4.57 Å². The zero-order valence-electron chi connectivity index (χ0n) is 16.2. The quantitative estimate of drug-likeness (QED) is 0.567. The molecule has 0 N–H and O–H groups in total. The molecule has 2 fully saturated rings. The van der Waals surface area contributed by atoms with Crippen molar-refractivity contribution in [1.29, 1.82) is 0 Å². The minimum Gasteiger partial charge on any atom is -0.454 e. The lowest BCUT2D eigenvalue weighted by Gasteiger charge is -2.16. The molecule has 6 heteroatoms. The van der Waals surface area contributed by atoms with Gasteiger partial charge in [0.1, 0.15) is 0 Å². The molecular formula is C22H24N2O4. The number of amides is 1. The molecule has 2 heterocycles. The number of benzene rings is 1. The standard InChI is InChI=1S/C22H24N2O4/c1-14-11-19(15(2)24(14)17-8-9-17)20(25)13-28-22(27)16-5-3-6-18(12-16)23-10-4-7-21(23)26/h3,5-6,11-12,17H,4,7-10,13H2,1-2H3. The van der Waals surface area contributed by atoms with E-state index >= 15 is 0 Å². The molecule has 0 spiro atoms. The Morgan fingerprint density at radius 3 is 2.64 bits per heavy atom. The number of anilines is 1. The van der Waals surface area contributed by atoms with E-state index in [0.29, 0.717) is 35.8 Å². The largest absolute Gasteiger partial charge is 0.454 e. The Labute approximate surface area is 164 Å². The first-order chi connectivity index (χ1) is 13.5. The predicted molar refractivity (Wildman–Crippen MR) is 105 cm³/mol. The summed E-state index contributed by atoms with van der Waals surface area (Å²) in [6, 6.07) is 9.19. The van der Waals surface area contributed by atoms with Crippen molar-refractivity contribution >= 4 is 23.3 Å². The average molecular weight is 380 g/mol. The minimum absolute atomic E-state index is 0.0618. The minimum atomic E-state index is -0.558. The SMILES string of the molecule is Cc1cc(C(=O)COC(=O)c2cccc(N3CCCC3=O)c2)c(C)n1C1CC1. The first-order valence-electron chi connectivity index (χ1n) is 9.75. The third kappa shape index (κ3) is 3.46. The van der Waals surface area contributed by atoms with Crippen molar-refractivity contribution in [2.75, 3.05) is 18.1 Å². The van der Waals surface area contributed by atoms with Crippen LogP contribution < -0.4 is 4.90 Å². The molecule has 1 saturated heterocycles. The third-order valence-corrected chi connectivity index (χ3v) is 5.50. The van der Waals surface area contributed by atoms with E-state index < -0.39 is 5.97 Å². The Hall–Kier alpha value is -2.89. The number of Topliss-reactive ketones (excluding diaryl/α,β-unsaturated/α-hetero) is 1. The Kier molecular flexibility index (Phi) is 4.79. The van der Waals surface area contributed by atoms with Gasteiger partial charge in [-0.3, -0.25) is 9.59 Å². The van der Waals surface area contributed by atoms with Gasteiger partial charge in [0.05, 0.1) is 5.56 Å². The summed E-state index contributed by atoms with van der Waals surface area (Å²) >= 11 is 0. The Bertz CT molecular complexity index is 955. The van der Waals surface area contributed by atoms with Crippen molar-refractivity contribution in [3.8, 4) is 0 Å². The number of ether oxygens (including phenoxy) is 1. The number of hydrogen-bond donors (Lipinski definition) is 0. The maximum absolute atomic E-state index is 12.6. The summed E-state index contributed by atoms with van der Waals surface area (Å²) in [7, 11) is 0. The van der Waals surface area contributed by atoms with E-state index in [2.05, 4.69) is 4.57 Å². The van der Waals surface area contributed by atoms with Crippen LogP contribution in [0.25, 0.3) is 0 Å². The van der Waals surface area contributed by atoms with Gasteiger partial charge in [0, 0.05) is 41.6 Å². The Morgan fingerprint density at radius 1 is 1.18 bits per heavy atom. The van der Waals surface area contributed by atoms with Gasteiger partial charge in [-0.2, -0.15) is 0 Å². The smallest absolute Gasteiger partial charge is 0.338 e. The van der Waals surface area contributed by atoms with Crippen molar-refractivity contribution in [3.63, 3.8) is 0 Å². The lowest BCUT2D eigenvalue weighted by molar-refractivity contribution is -0.117. The monoisotopic (exact) mass is 380 g/mol. The second-order valence-corrected chi connectivity index (χ2v) is 7.58. The number of aromatic nitrogens is 1. The second-order valence-electron chi connectivity index (χ2n) is 7.58. The van der Waals surface area contributed by atoms with Crippen LogP contribution in [0.2, 0.25) is 0 Å². The van der Waals surface area contributed by atoms with Crippen LogP contribution in [0.3, 0.4) is 0 Å². The van der Waals surface area contributed by atoms with Crippen LogP contribution >= 0.6 is 0 Å². The maximum atomic E-state index is 12.6. The van der Waals surface area contributed by atoms with Gasteiger partial charge >= 0.3 is 5.97 Å². The number of hydrogen-bond acceptors (Lipinski definition) is 4. The molecule has 0 unspecified atom stereocenters. The van der Waals surface area contributed by atoms with Gasteiger partial charge in [0.2, 0.25) is 11.7 Å². The summed E-state index contributed by atoms with van der Waals surface area (Å²) < 4.78 is 7.47. The van der Waals surface area contributed by atoms with Gasteiger partial charge in [-0.25, -0.2) is 4.79 Å². The van der Waals surface area contributed by atoms with E-state index in [4.69, 9.17) is 4.74 Å². The zero-order chi connectivity index (χ0) is 19.8. The maximum Gasteiger partial charge on any atom is 0.338 e. The molecule has 146 valence electrons. The van der Waals surface area contributed by atoms with E-state index in [1.54, 1.807) is 29.2 Å². The molecule has 2 aliphatic rings. The van der Waals surface area contributed by atoms with Crippen molar-refractivity contribution < 1.29 is 19.1 Å². The van der Waals surface area contributed by atoms with Crippen LogP contribution in [-0.2, 0) is 9.53 Å². The molecule has 0 radical (unpaired) electrons. The fourth-order valence-electron chi connectivity index (χ4n) is 3.97. The molecule has 1 aromatic carbocycles. The van der Waals surface area contributed by atoms with Gasteiger partial charge in [0.25, 0.3) is 0 Å². The lowest BCUT2D eigenvalue weighted by atomic mass is 10.1. The van der Waals surface area contributed by atoms with Gasteiger partial charge < -0.3 is 14.2 Å². The van der Waals surface area contributed by atoms with Crippen LogP contribution in [0.5, 0.6) is 0 Å².